The van der Waals surface area contributed by atoms with E-state index in [1.54, 1.807) is 11.8 Å². The molecular formula is C6H11NOS. The van der Waals surface area contributed by atoms with Gasteiger partial charge in [-0.2, -0.15) is 17.0 Å². The molecule has 2 nitrogen and oxygen atoms in total. The summed E-state index contributed by atoms with van der Waals surface area (Å²) in [5, 5.41) is 16.5. The van der Waals surface area contributed by atoms with Crippen LogP contribution in [-0.2, 0) is 0 Å². The number of rotatable bonds is 5. The fraction of sp³-hybridized carbons (Fsp3) is 0.833. The lowest BCUT2D eigenvalue weighted by Gasteiger charge is -1.93. The molecule has 9 heavy (non-hydrogen) atoms. The first-order chi connectivity index (χ1) is 4.41. The van der Waals surface area contributed by atoms with E-state index >= 15 is 0 Å². The normalized spacial score (nSPS) is 8.89. The standard InChI is InChI=1S/C6H11NOS/c7-3-1-5-9-6-2-4-8/h8H,1-2,4-6H2. The summed E-state index contributed by atoms with van der Waals surface area (Å²) in [6.07, 6.45) is 1.46. The Morgan fingerprint density at radius 1 is 1.44 bits per heavy atom. The van der Waals surface area contributed by atoms with Gasteiger partial charge in [0.1, 0.15) is 0 Å². The molecule has 0 saturated carbocycles. The number of aliphatic hydroxyl groups is 1. The van der Waals surface area contributed by atoms with E-state index in [0.717, 1.165) is 17.9 Å². The molecule has 52 valence electrons. The Labute approximate surface area is 59.9 Å². The van der Waals surface area contributed by atoms with Crippen LogP contribution in [0.25, 0.3) is 0 Å². The number of nitrogens with zero attached hydrogens (tertiary/aromatic N) is 1. The van der Waals surface area contributed by atoms with Crippen molar-refractivity contribution in [1.82, 2.24) is 0 Å². The van der Waals surface area contributed by atoms with Gasteiger partial charge in [0.15, 0.2) is 0 Å². The van der Waals surface area contributed by atoms with Gasteiger partial charge >= 0.3 is 0 Å². The van der Waals surface area contributed by atoms with Crippen LogP contribution >= 0.6 is 11.8 Å². The van der Waals surface area contributed by atoms with E-state index in [1.807, 2.05) is 0 Å². The molecule has 0 amide bonds. The number of nitriles is 1. The molecule has 0 aliphatic heterocycles. The quantitative estimate of drug-likeness (QED) is 0.587. The number of thioether (sulfide) groups is 1. The smallest absolute Gasteiger partial charge is 0.0630 e. The summed E-state index contributed by atoms with van der Waals surface area (Å²) in [6.45, 7) is 0.263. The lowest BCUT2D eigenvalue weighted by Crippen LogP contribution is -1.86. The summed E-state index contributed by atoms with van der Waals surface area (Å²) < 4.78 is 0. The topological polar surface area (TPSA) is 44.0 Å². The molecule has 0 saturated heterocycles. The van der Waals surface area contributed by atoms with Gasteiger partial charge in [0.25, 0.3) is 0 Å². The maximum atomic E-state index is 8.34. The van der Waals surface area contributed by atoms with E-state index in [0.29, 0.717) is 6.42 Å². The lowest BCUT2D eigenvalue weighted by molar-refractivity contribution is 0.296. The highest BCUT2D eigenvalue weighted by Gasteiger charge is 1.86. The van der Waals surface area contributed by atoms with Gasteiger partial charge in [-0.05, 0) is 12.2 Å². The maximum Gasteiger partial charge on any atom is 0.0630 e. The average molecular weight is 145 g/mol. The predicted molar refractivity (Wildman–Crippen MR) is 39.3 cm³/mol. The Balaban J connectivity index is 2.69. The first-order valence-electron chi connectivity index (χ1n) is 2.97. The Hall–Kier alpha value is -0.200. The van der Waals surface area contributed by atoms with Crippen molar-refractivity contribution in [2.45, 2.75) is 12.8 Å². The first kappa shape index (κ1) is 8.80. The van der Waals surface area contributed by atoms with E-state index in [4.69, 9.17) is 10.4 Å². The molecule has 3 heteroatoms. The molecule has 0 aliphatic carbocycles. The highest BCUT2D eigenvalue weighted by Crippen LogP contribution is 2.02. The molecular weight excluding hydrogens is 134 g/mol. The molecule has 0 aromatic rings. The van der Waals surface area contributed by atoms with E-state index in [2.05, 4.69) is 6.07 Å². The number of hydrogen-bond acceptors (Lipinski definition) is 3. The van der Waals surface area contributed by atoms with Crippen LogP contribution in [-0.4, -0.2) is 23.2 Å². The van der Waals surface area contributed by atoms with Gasteiger partial charge in [-0.1, -0.05) is 0 Å². The van der Waals surface area contributed by atoms with Gasteiger partial charge in [0, 0.05) is 18.8 Å². The second kappa shape index (κ2) is 7.80. The average Bonchev–Trinajstić information content (AvgIpc) is 1.89. The Morgan fingerprint density at radius 2 is 2.22 bits per heavy atom. The first-order valence-corrected chi connectivity index (χ1v) is 4.13. The number of aliphatic hydroxyl groups excluding tert-OH is 1. The van der Waals surface area contributed by atoms with Crippen molar-refractivity contribution >= 4 is 11.8 Å². The fourth-order valence-corrected chi connectivity index (χ4v) is 1.16. The molecule has 0 radical (unpaired) electrons. The highest BCUT2D eigenvalue weighted by molar-refractivity contribution is 7.99. The molecule has 0 fully saturated rings. The fourth-order valence-electron chi connectivity index (χ4n) is 0.386. The minimum Gasteiger partial charge on any atom is -0.396 e. The summed E-state index contributed by atoms with van der Waals surface area (Å²) in [5.74, 6) is 1.87. The summed E-state index contributed by atoms with van der Waals surface area (Å²) >= 11 is 1.72. The second-order valence-electron chi connectivity index (χ2n) is 1.60. The van der Waals surface area contributed by atoms with Gasteiger partial charge in [-0.25, -0.2) is 0 Å². The van der Waals surface area contributed by atoms with Crippen LogP contribution in [0.4, 0.5) is 0 Å². The van der Waals surface area contributed by atoms with Gasteiger partial charge in [-0.3, -0.25) is 0 Å². The lowest BCUT2D eigenvalue weighted by atomic mass is 10.5. The molecule has 0 atom stereocenters. The van der Waals surface area contributed by atoms with Crippen LogP contribution in [0.1, 0.15) is 12.8 Å². The predicted octanol–water partition coefficient (Wildman–Crippen LogP) is 1.02. The van der Waals surface area contributed by atoms with E-state index in [1.165, 1.54) is 0 Å². The van der Waals surface area contributed by atoms with Crippen LogP contribution in [0.3, 0.4) is 0 Å². The summed E-state index contributed by atoms with van der Waals surface area (Å²) in [5.41, 5.74) is 0. The zero-order valence-electron chi connectivity index (χ0n) is 5.34. The van der Waals surface area contributed by atoms with Crippen molar-refractivity contribution in [2.75, 3.05) is 18.1 Å². The maximum absolute atomic E-state index is 8.34. The van der Waals surface area contributed by atoms with Crippen LogP contribution < -0.4 is 0 Å². The molecule has 0 spiro atoms. The summed E-state index contributed by atoms with van der Waals surface area (Å²) in [7, 11) is 0. The molecule has 0 rings (SSSR count). The van der Waals surface area contributed by atoms with Crippen molar-refractivity contribution in [3.8, 4) is 6.07 Å². The van der Waals surface area contributed by atoms with Crippen LogP contribution in [0.15, 0.2) is 0 Å². The third-order valence-corrected chi connectivity index (χ3v) is 1.88. The largest absolute Gasteiger partial charge is 0.396 e. The van der Waals surface area contributed by atoms with Crippen LogP contribution in [0, 0.1) is 11.3 Å². The van der Waals surface area contributed by atoms with E-state index in [9.17, 15) is 0 Å². The third-order valence-electron chi connectivity index (χ3n) is 0.805. The van der Waals surface area contributed by atoms with E-state index in [-0.39, 0.29) is 6.61 Å². The summed E-state index contributed by atoms with van der Waals surface area (Å²) in [4.78, 5) is 0. The molecule has 0 unspecified atom stereocenters. The van der Waals surface area contributed by atoms with Crippen LogP contribution in [0.5, 0.6) is 0 Å². The van der Waals surface area contributed by atoms with Crippen molar-refractivity contribution < 1.29 is 5.11 Å². The highest BCUT2D eigenvalue weighted by atomic mass is 32.2. The second-order valence-corrected chi connectivity index (χ2v) is 2.82. The van der Waals surface area contributed by atoms with Crippen molar-refractivity contribution in [1.29, 1.82) is 5.26 Å². The molecule has 0 aliphatic rings. The van der Waals surface area contributed by atoms with Crippen molar-refractivity contribution in [3.05, 3.63) is 0 Å². The zero-order chi connectivity index (χ0) is 6.95. The van der Waals surface area contributed by atoms with Gasteiger partial charge < -0.3 is 5.11 Å². The van der Waals surface area contributed by atoms with Crippen molar-refractivity contribution in [2.24, 2.45) is 0 Å². The summed E-state index contributed by atoms with van der Waals surface area (Å²) in [6, 6.07) is 2.06. The molecule has 0 heterocycles. The van der Waals surface area contributed by atoms with Crippen LogP contribution in [0.2, 0.25) is 0 Å². The molecule has 0 aromatic heterocycles. The zero-order valence-corrected chi connectivity index (χ0v) is 6.15. The van der Waals surface area contributed by atoms with Crippen molar-refractivity contribution in [3.63, 3.8) is 0 Å². The number of hydrogen-bond donors (Lipinski definition) is 1. The van der Waals surface area contributed by atoms with Gasteiger partial charge in [0.2, 0.25) is 0 Å². The van der Waals surface area contributed by atoms with E-state index < -0.39 is 0 Å². The minimum atomic E-state index is 0.263. The monoisotopic (exact) mass is 145 g/mol. The Kier molecular flexibility index (Phi) is 7.63. The van der Waals surface area contributed by atoms with Gasteiger partial charge in [-0.15, -0.1) is 0 Å². The SMILES string of the molecule is N#CCCSCCCO. The Morgan fingerprint density at radius 3 is 2.78 bits per heavy atom. The Bertz CT molecular complexity index is 89.5. The molecule has 0 aromatic carbocycles. The minimum absolute atomic E-state index is 0.263. The van der Waals surface area contributed by atoms with Gasteiger partial charge in [0.05, 0.1) is 6.07 Å². The molecule has 0 bridgehead atoms. The third kappa shape index (κ3) is 7.80. The molecule has 1 N–H and O–H groups in total.